The molecular formula is C21H23N3O3. The van der Waals surface area contributed by atoms with Crippen molar-refractivity contribution in [1.82, 2.24) is 15.2 Å². The van der Waals surface area contributed by atoms with Crippen LogP contribution in [-0.2, 0) is 0 Å². The Morgan fingerprint density at radius 3 is 2.44 bits per heavy atom. The number of rotatable bonds is 6. The molecule has 2 aromatic heterocycles. The minimum atomic E-state index is -0.413. The minimum absolute atomic E-state index is 0.0859. The molecular weight excluding hydrogens is 342 g/mol. The first-order chi connectivity index (χ1) is 13.0. The van der Waals surface area contributed by atoms with Gasteiger partial charge in [0.2, 0.25) is 0 Å². The van der Waals surface area contributed by atoms with Crippen LogP contribution in [0.15, 0.2) is 63.8 Å². The topological polar surface area (TPSA) is 78.3 Å². The summed E-state index contributed by atoms with van der Waals surface area (Å²) in [6, 6.07) is 16.5. The highest BCUT2D eigenvalue weighted by atomic mass is 16.3. The molecule has 3 aromatic rings. The molecule has 0 fully saturated rings. The first kappa shape index (κ1) is 18.7. The lowest BCUT2D eigenvalue weighted by Crippen LogP contribution is -2.36. The molecule has 3 rings (SSSR count). The fraction of sp³-hybridized carbons (Fsp3) is 0.238. The number of aryl methyl sites for hydroxylation is 1. The molecule has 1 amide bonds. The molecule has 0 aliphatic carbocycles. The summed E-state index contributed by atoms with van der Waals surface area (Å²) in [4.78, 5) is 29.6. The van der Waals surface area contributed by atoms with Gasteiger partial charge in [0.25, 0.3) is 11.5 Å². The van der Waals surface area contributed by atoms with E-state index in [2.05, 4.69) is 10.3 Å². The summed E-state index contributed by atoms with van der Waals surface area (Å²) in [7, 11) is 3.83. The van der Waals surface area contributed by atoms with Crippen LogP contribution in [0, 0.1) is 6.92 Å². The maximum Gasteiger partial charge on any atom is 0.261 e. The zero-order chi connectivity index (χ0) is 19.4. The maximum atomic E-state index is 12.5. The normalized spacial score (nSPS) is 12.1. The van der Waals surface area contributed by atoms with E-state index in [0.29, 0.717) is 12.2 Å². The molecule has 2 N–H and O–H groups in total. The molecule has 0 saturated heterocycles. The molecule has 6 nitrogen and oxygen atoms in total. The number of H-pyrrole nitrogens is 1. The summed E-state index contributed by atoms with van der Waals surface area (Å²) in [5, 5.41) is 2.83. The third-order valence-electron chi connectivity index (χ3n) is 4.41. The van der Waals surface area contributed by atoms with Crippen molar-refractivity contribution in [2.75, 3.05) is 20.6 Å². The van der Waals surface area contributed by atoms with Crippen LogP contribution in [-0.4, -0.2) is 36.4 Å². The van der Waals surface area contributed by atoms with E-state index in [0.717, 1.165) is 17.1 Å². The molecule has 0 radical (unpaired) electrons. The van der Waals surface area contributed by atoms with Gasteiger partial charge in [0, 0.05) is 12.2 Å². The molecule has 1 atom stereocenters. The summed E-state index contributed by atoms with van der Waals surface area (Å²) < 4.78 is 5.67. The fourth-order valence-electron chi connectivity index (χ4n) is 2.89. The van der Waals surface area contributed by atoms with E-state index in [4.69, 9.17) is 4.42 Å². The Morgan fingerprint density at radius 2 is 1.85 bits per heavy atom. The SMILES string of the molecule is Cc1ccc([C@@H](CNC(=O)c2ccc(-c3ccccc3)[nH]c2=O)N(C)C)o1. The van der Waals surface area contributed by atoms with Crippen LogP contribution in [0.4, 0.5) is 0 Å². The number of aromatic nitrogens is 1. The van der Waals surface area contributed by atoms with Gasteiger partial charge in [0.1, 0.15) is 17.1 Å². The standard InChI is InChI=1S/C21H23N3O3/c1-14-9-12-19(27-14)18(24(2)3)13-22-20(25)16-10-11-17(23-21(16)26)15-7-5-4-6-8-15/h4-12,18H,13H2,1-3H3,(H,22,25)(H,23,26)/t18-/m1/s1. The van der Waals surface area contributed by atoms with Crippen molar-refractivity contribution in [2.24, 2.45) is 0 Å². The molecule has 0 bridgehead atoms. The quantitative estimate of drug-likeness (QED) is 0.704. The van der Waals surface area contributed by atoms with Crippen molar-refractivity contribution in [3.05, 3.63) is 82.0 Å². The van der Waals surface area contributed by atoms with Crippen molar-refractivity contribution < 1.29 is 9.21 Å². The Hall–Kier alpha value is -3.12. The zero-order valence-electron chi connectivity index (χ0n) is 15.7. The van der Waals surface area contributed by atoms with E-state index in [1.807, 2.05) is 68.4 Å². The van der Waals surface area contributed by atoms with E-state index < -0.39 is 11.5 Å². The van der Waals surface area contributed by atoms with Crippen LogP contribution in [0.5, 0.6) is 0 Å². The monoisotopic (exact) mass is 365 g/mol. The third kappa shape index (κ3) is 4.35. The summed E-state index contributed by atoms with van der Waals surface area (Å²) in [5.74, 6) is 1.17. The molecule has 1 aromatic carbocycles. The number of nitrogens with one attached hydrogen (secondary N) is 2. The van der Waals surface area contributed by atoms with Crippen molar-refractivity contribution >= 4 is 5.91 Å². The second kappa shape index (κ2) is 8.05. The van der Waals surface area contributed by atoms with Crippen LogP contribution in [0.2, 0.25) is 0 Å². The fourth-order valence-corrected chi connectivity index (χ4v) is 2.89. The van der Waals surface area contributed by atoms with Crippen LogP contribution in [0.3, 0.4) is 0 Å². The Kier molecular flexibility index (Phi) is 5.57. The van der Waals surface area contributed by atoms with Gasteiger partial charge in [-0.15, -0.1) is 0 Å². The van der Waals surface area contributed by atoms with Gasteiger partial charge in [-0.05, 0) is 50.8 Å². The van der Waals surface area contributed by atoms with Crippen molar-refractivity contribution in [2.45, 2.75) is 13.0 Å². The van der Waals surface area contributed by atoms with Gasteiger partial charge in [0.15, 0.2) is 0 Å². The van der Waals surface area contributed by atoms with Gasteiger partial charge in [-0.3, -0.25) is 14.5 Å². The minimum Gasteiger partial charge on any atom is -0.465 e. The number of aromatic amines is 1. The van der Waals surface area contributed by atoms with Crippen molar-refractivity contribution in [1.29, 1.82) is 0 Å². The average molecular weight is 365 g/mol. The number of furan rings is 1. The molecule has 140 valence electrons. The third-order valence-corrected chi connectivity index (χ3v) is 4.41. The summed E-state index contributed by atoms with van der Waals surface area (Å²) >= 11 is 0. The molecule has 2 heterocycles. The van der Waals surface area contributed by atoms with E-state index >= 15 is 0 Å². The summed E-state index contributed by atoms with van der Waals surface area (Å²) in [5.41, 5.74) is 1.24. The second-order valence-corrected chi connectivity index (χ2v) is 6.62. The summed E-state index contributed by atoms with van der Waals surface area (Å²) in [6.07, 6.45) is 0. The Balaban J connectivity index is 1.73. The summed E-state index contributed by atoms with van der Waals surface area (Å²) in [6.45, 7) is 2.21. The van der Waals surface area contributed by atoms with E-state index in [1.54, 1.807) is 12.1 Å². The van der Waals surface area contributed by atoms with Gasteiger partial charge in [-0.2, -0.15) is 0 Å². The highest BCUT2D eigenvalue weighted by Gasteiger charge is 2.20. The van der Waals surface area contributed by atoms with E-state index in [1.165, 1.54) is 0 Å². The van der Waals surface area contributed by atoms with Gasteiger partial charge in [-0.1, -0.05) is 30.3 Å². The lowest BCUT2D eigenvalue weighted by molar-refractivity contribution is 0.0937. The Labute approximate surface area is 157 Å². The first-order valence-electron chi connectivity index (χ1n) is 8.75. The molecule has 0 aliphatic rings. The lowest BCUT2D eigenvalue weighted by Gasteiger charge is -2.22. The van der Waals surface area contributed by atoms with Gasteiger partial charge in [-0.25, -0.2) is 0 Å². The number of amides is 1. The highest BCUT2D eigenvalue weighted by molar-refractivity contribution is 5.94. The van der Waals surface area contributed by atoms with E-state index in [-0.39, 0.29) is 11.6 Å². The molecule has 0 spiro atoms. The van der Waals surface area contributed by atoms with Gasteiger partial charge in [0.05, 0.1) is 6.04 Å². The molecule has 0 unspecified atom stereocenters. The number of carbonyl (C=O) groups is 1. The number of pyridine rings is 1. The largest absolute Gasteiger partial charge is 0.465 e. The average Bonchev–Trinajstić information content (AvgIpc) is 3.08. The number of hydrogen-bond donors (Lipinski definition) is 2. The second-order valence-electron chi connectivity index (χ2n) is 6.62. The van der Waals surface area contributed by atoms with Gasteiger partial charge < -0.3 is 14.7 Å². The van der Waals surface area contributed by atoms with Crippen LogP contribution < -0.4 is 10.9 Å². The van der Waals surface area contributed by atoms with Gasteiger partial charge >= 0.3 is 0 Å². The van der Waals surface area contributed by atoms with Crippen LogP contribution >= 0.6 is 0 Å². The highest BCUT2D eigenvalue weighted by Crippen LogP contribution is 2.20. The maximum absolute atomic E-state index is 12.5. The van der Waals surface area contributed by atoms with Crippen molar-refractivity contribution in [3.63, 3.8) is 0 Å². The first-order valence-corrected chi connectivity index (χ1v) is 8.75. The molecule has 0 saturated carbocycles. The smallest absolute Gasteiger partial charge is 0.261 e. The molecule has 0 aliphatic heterocycles. The Morgan fingerprint density at radius 1 is 1.11 bits per heavy atom. The van der Waals surface area contributed by atoms with Crippen LogP contribution in [0.25, 0.3) is 11.3 Å². The predicted molar refractivity (Wildman–Crippen MR) is 105 cm³/mol. The zero-order valence-corrected chi connectivity index (χ0v) is 15.7. The Bertz CT molecular complexity index is 974. The lowest BCUT2D eigenvalue weighted by atomic mass is 10.1. The number of hydrogen-bond acceptors (Lipinski definition) is 4. The van der Waals surface area contributed by atoms with Crippen molar-refractivity contribution in [3.8, 4) is 11.3 Å². The van der Waals surface area contributed by atoms with Crippen LogP contribution in [0.1, 0.15) is 27.9 Å². The number of carbonyl (C=O) groups excluding carboxylic acids is 1. The number of likely N-dealkylation sites (N-methyl/N-ethyl adjacent to an activating group) is 1. The number of benzene rings is 1. The molecule has 6 heteroatoms. The molecule has 27 heavy (non-hydrogen) atoms. The van der Waals surface area contributed by atoms with E-state index in [9.17, 15) is 9.59 Å². The predicted octanol–water partition coefficient (Wildman–Crippen LogP) is 2.98. The number of nitrogens with zero attached hydrogens (tertiary/aromatic N) is 1.